The summed E-state index contributed by atoms with van der Waals surface area (Å²) < 4.78 is 22.8. The van der Waals surface area contributed by atoms with E-state index in [4.69, 9.17) is 5.14 Å². The number of pyridine rings is 1. The molecule has 7 heteroatoms. The molecule has 0 aliphatic carbocycles. The number of nitrogens with two attached hydrogens (primary N) is 1. The Bertz CT molecular complexity index is 789. The molecule has 22 heavy (non-hydrogen) atoms. The molecule has 0 aliphatic rings. The molecule has 0 fully saturated rings. The van der Waals surface area contributed by atoms with E-state index in [0.29, 0.717) is 5.56 Å². The van der Waals surface area contributed by atoms with Crippen LogP contribution in [-0.2, 0) is 10.0 Å². The van der Waals surface area contributed by atoms with Gasteiger partial charge in [0.2, 0.25) is 10.0 Å². The topological polar surface area (TPSA) is 102 Å². The summed E-state index contributed by atoms with van der Waals surface area (Å²) in [5.41, 5.74) is 1.66. The first kappa shape index (κ1) is 16.1. The molecule has 2 aromatic rings. The Balaban J connectivity index is 2.26. The molecule has 0 radical (unpaired) electrons. The fourth-order valence-electron chi connectivity index (χ4n) is 2.00. The van der Waals surface area contributed by atoms with Gasteiger partial charge in [0.05, 0.1) is 16.6 Å². The fraction of sp³-hybridized carbons (Fsp3) is 0.200. The van der Waals surface area contributed by atoms with E-state index < -0.39 is 10.0 Å². The average Bonchev–Trinajstić information content (AvgIpc) is 2.47. The van der Waals surface area contributed by atoms with Crippen molar-refractivity contribution in [1.29, 1.82) is 0 Å². The quantitative estimate of drug-likeness (QED) is 0.892. The summed E-state index contributed by atoms with van der Waals surface area (Å²) in [7, 11) is -3.85. The van der Waals surface area contributed by atoms with E-state index in [1.807, 2.05) is 6.07 Å². The normalized spacial score (nSPS) is 12.7. The Hall–Kier alpha value is -2.25. The molecule has 116 valence electrons. The summed E-state index contributed by atoms with van der Waals surface area (Å²) in [4.78, 5) is 16.4. The van der Waals surface area contributed by atoms with Crippen LogP contribution < -0.4 is 10.5 Å². The summed E-state index contributed by atoms with van der Waals surface area (Å²) in [6.07, 6.45) is 1.64. The Kier molecular flexibility index (Phi) is 4.58. The average molecular weight is 319 g/mol. The van der Waals surface area contributed by atoms with Crippen LogP contribution in [0.15, 0.2) is 47.5 Å². The third-order valence-electron chi connectivity index (χ3n) is 3.26. The molecule has 0 bridgehead atoms. The van der Waals surface area contributed by atoms with Gasteiger partial charge in [0.25, 0.3) is 5.91 Å². The third-order valence-corrected chi connectivity index (χ3v) is 4.17. The van der Waals surface area contributed by atoms with Gasteiger partial charge in [0, 0.05) is 11.8 Å². The molecule has 3 N–H and O–H groups in total. The smallest absolute Gasteiger partial charge is 0.252 e. The van der Waals surface area contributed by atoms with Crippen molar-refractivity contribution in [3.8, 4) is 0 Å². The van der Waals surface area contributed by atoms with Crippen LogP contribution in [0.4, 0.5) is 0 Å². The Labute approximate surface area is 129 Å². The van der Waals surface area contributed by atoms with Crippen molar-refractivity contribution in [2.75, 3.05) is 0 Å². The minimum Gasteiger partial charge on any atom is -0.344 e. The van der Waals surface area contributed by atoms with Crippen LogP contribution in [0.2, 0.25) is 0 Å². The van der Waals surface area contributed by atoms with Crippen LogP contribution in [-0.4, -0.2) is 19.3 Å². The maximum absolute atomic E-state index is 12.4. The number of hydrogen-bond acceptors (Lipinski definition) is 4. The molecule has 6 nitrogen and oxygen atoms in total. The predicted molar refractivity (Wildman–Crippen MR) is 82.7 cm³/mol. The second kappa shape index (κ2) is 6.25. The predicted octanol–water partition coefficient (Wildman–Crippen LogP) is 1.53. The first-order valence-electron chi connectivity index (χ1n) is 6.64. The standard InChI is InChI=1S/C15H17N3O3S/c1-10-6-7-12(22(16,20)21)9-13(10)15(19)18-11(2)14-5-3-4-8-17-14/h3-9,11H,1-2H3,(H,18,19)(H2,16,20,21)/t11-/m0/s1. The van der Waals surface area contributed by atoms with Crippen LogP contribution in [0.1, 0.15) is 34.6 Å². The van der Waals surface area contributed by atoms with Gasteiger partial charge in [-0.05, 0) is 43.7 Å². The van der Waals surface area contributed by atoms with E-state index in [1.165, 1.54) is 12.1 Å². The zero-order valence-corrected chi connectivity index (χ0v) is 13.1. The van der Waals surface area contributed by atoms with Gasteiger partial charge in [-0.2, -0.15) is 0 Å². The molecule has 0 unspecified atom stereocenters. The molecular weight excluding hydrogens is 302 g/mol. The summed E-state index contributed by atoms with van der Waals surface area (Å²) in [5, 5.41) is 7.89. The van der Waals surface area contributed by atoms with Gasteiger partial charge < -0.3 is 5.32 Å². The largest absolute Gasteiger partial charge is 0.344 e. The lowest BCUT2D eigenvalue weighted by Crippen LogP contribution is -2.28. The zero-order chi connectivity index (χ0) is 16.3. The van der Waals surface area contributed by atoms with Crippen molar-refractivity contribution in [2.24, 2.45) is 5.14 Å². The molecule has 0 saturated heterocycles. The van der Waals surface area contributed by atoms with Gasteiger partial charge in [-0.3, -0.25) is 9.78 Å². The number of rotatable bonds is 4. The molecule has 0 saturated carbocycles. The van der Waals surface area contributed by atoms with E-state index in [0.717, 1.165) is 5.69 Å². The Morgan fingerprint density at radius 3 is 2.59 bits per heavy atom. The SMILES string of the molecule is Cc1ccc(S(N)(=O)=O)cc1C(=O)N[C@@H](C)c1ccccn1. The third kappa shape index (κ3) is 3.69. The van der Waals surface area contributed by atoms with Gasteiger partial charge in [0.1, 0.15) is 0 Å². The number of aromatic nitrogens is 1. The van der Waals surface area contributed by atoms with Crippen LogP contribution in [0, 0.1) is 6.92 Å². The van der Waals surface area contributed by atoms with E-state index in [9.17, 15) is 13.2 Å². The highest BCUT2D eigenvalue weighted by Crippen LogP contribution is 2.16. The number of sulfonamides is 1. The first-order valence-corrected chi connectivity index (χ1v) is 8.19. The summed E-state index contributed by atoms with van der Waals surface area (Å²) in [6.45, 7) is 3.53. The molecule has 1 atom stereocenters. The van der Waals surface area contributed by atoms with Crippen LogP contribution in [0.5, 0.6) is 0 Å². The summed E-state index contributed by atoms with van der Waals surface area (Å²) in [5.74, 6) is -0.374. The molecule has 0 aliphatic heterocycles. The van der Waals surface area contributed by atoms with Crippen molar-refractivity contribution in [3.63, 3.8) is 0 Å². The molecule has 0 spiro atoms. The molecule has 1 aromatic heterocycles. The minimum absolute atomic E-state index is 0.0891. The lowest BCUT2D eigenvalue weighted by molar-refractivity contribution is 0.0938. The number of nitrogens with one attached hydrogen (secondary N) is 1. The van der Waals surface area contributed by atoms with Gasteiger partial charge in [-0.1, -0.05) is 12.1 Å². The van der Waals surface area contributed by atoms with Gasteiger partial charge in [-0.15, -0.1) is 0 Å². The molecule has 1 heterocycles. The van der Waals surface area contributed by atoms with Crippen molar-refractivity contribution in [1.82, 2.24) is 10.3 Å². The number of carbonyl (C=O) groups is 1. The number of hydrogen-bond donors (Lipinski definition) is 2. The van der Waals surface area contributed by atoms with Crippen LogP contribution >= 0.6 is 0 Å². The zero-order valence-electron chi connectivity index (χ0n) is 12.3. The molecule has 2 rings (SSSR count). The highest BCUT2D eigenvalue weighted by Gasteiger charge is 2.17. The number of amides is 1. The highest BCUT2D eigenvalue weighted by molar-refractivity contribution is 7.89. The fourth-order valence-corrected chi connectivity index (χ4v) is 2.54. The molecule has 1 amide bonds. The van der Waals surface area contributed by atoms with E-state index in [1.54, 1.807) is 38.2 Å². The number of aryl methyl sites for hydroxylation is 1. The number of carbonyl (C=O) groups excluding carboxylic acids is 1. The van der Waals surface area contributed by atoms with Gasteiger partial charge in [0.15, 0.2) is 0 Å². The van der Waals surface area contributed by atoms with Crippen molar-refractivity contribution < 1.29 is 13.2 Å². The van der Waals surface area contributed by atoms with Gasteiger partial charge in [-0.25, -0.2) is 13.6 Å². The minimum atomic E-state index is -3.85. The van der Waals surface area contributed by atoms with Crippen molar-refractivity contribution in [3.05, 3.63) is 59.4 Å². The lowest BCUT2D eigenvalue weighted by Gasteiger charge is -2.15. The summed E-state index contributed by atoms with van der Waals surface area (Å²) >= 11 is 0. The van der Waals surface area contributed by atoms with E-state index >= 15 is 0 Å². The summed E-state index contributed by atoms with van der Waals surface area (Å²) in [6, 6.07) is 9.34. The lowest BCUT2D eigenvalue weighted by atomic mass is 10.1. The van der Waals surface area contributed by atoms with E-state index in [2.05, 4.69) is 10.3 Å². The van der Waals surface area contributed by atoms with Gasteiger partial charge >= 0.3 is 0 Å². The van der Waals surface area contributed by atoms with Crippen molar-refractivity contribution >= 4 is 15.9 Å². The Morgan fingerprint density at radius 1 is 1.27 bits per heavy atom. The van der Waals surface area contributed by atoms with Crippen LogP contribution in [0.25, 0.3) is 0 Å². The maximum atomic E-state index is 12.4. The molecule has 1 aromatic carbocycles. The van der Waals surface area contributed by atoms with Crippen molar-refractivity contribution in [2.45, 2.75) is 24.8 Å². The second-order valence-electron chi connectivity index (χ2n) is 4.97. The first-order chi connectivity index (χ1) is 10.3. The maximum Gasteiger partial charge on any atom is 0.252 e. The number of benzene rings is 1. The second-order valence-corrected chi connectivity index (χ2v) is 6.53. The monoisotopic (exact) mass is 319 g/mol. The Morgan fingerprint density at radius 2 is 2.00 bits per heavy atom. The number of nitrogens with zero attached hydrogens (tertiary/aromatic N) is 1. The molecular formula is C15H17N3O3S. The highest BCUT2D eigenvalue weighted by atomic mass is 32.2. The van der Waals surface area contributed by atoms with E-state index in [-0.39, 0.29) is 22.4 Å². The van der Waals surface area contributed by atoms with Crippen LogP contribution in [0.3, 0.4) is 0 Å². The number of primary sulfonamides is 1.